The average molecular weight is 492 g/mol. The molecule has 0 saturated heterocycles. The summed E-state index contributed by atoms with van der Waals surface area (Å²) in [6, 6.07) is 27.6. The number of hydrogen-bond donors (Lipinski definition) is 0. The highest BCUT2D eigenvalue weighted by atomic mass is 32.1. The molecule has 6 rings (SSSR count). The first-order valence-corrected chi connectivity index (χ1v) is 12.3. The minimum absolute atomic E-state index is 0.192. The molecule has 0 N–H and O–H groups in total. The number of fused-ring (bicyclic) bond motifs is 1. The van der Waals surface area contributed by atoms with Gasteiger partial charge in [0.05, 0.1) is 15.9 Å². The molecule has 8 heteroatoms. The van der Waals surface area contributed by atoms with Crippen LogP contribution in [0.25, 0.3) is 28.0 Å². The van der Waals surface area contributed by atoms with Crippen LogP contribution < -0.4 is 14.8 Å². The SMILES string of the molecule is Cc1ccc(OCc2nc3s/c(=C\c4cn(-c5ccccc5)nc4-c4ccccc4)c(=O)n3n2)cc1. The van der Waals surface area contributed by atoms with E-state index in [0.29, 0.717) is 15.3 Å². The van der Waals surface area contributed by atoms with Crippen LogP contribution in [0.3, 0.4) is 0 Å². The average Bonchev–Trinajstić information content (AvgIpc) is 3.60. The highest BCUT2D eigenvalue weighted by Crippen LogP contribution is 2.24. The molecule has 0 aliphatic heterocycles. The van der Waals surface area contributed by atoms with Crippen LogP contribution in [0.2, 0.25) is 0 Å². The Morgan fingerprint density at radius 2 is 1.64 bits per heavy atom. The Bertz CT molecular complexity index is 1750. The van der Waals surface area contributed by atoms with Crippen molar-refractivity contribution < 1.29 is 4.74 Å². The second-order valence-corrected chi connectivity index (χ2v) is 9.33. The molecule has 0 saturated carbocycles. The molecule has 0 aliphatic rings. The molecule has 0 bridgehead atoms. The number of nitrogens with zero attached hydrogens (tertiary/aromatic N) is 5. The number of benzene rings is 3. The van der Waals surface area contributed by atoms with Crippen molar-refractivity contribution in [3.8, 4) is 22.7 Å². The Balaban J connectivity index is 1.36. The Morgan fingerprint density at radius 3 is 2.36 bits per heavy atom. The van der Waals surface area contributed by atoms with Gasteiger partial charge in [0.1, 0.15) is 12.4 Å². The molecule has 0 spiro atoms. The smallest absolute Gasteiger partial charge is 0.291 e. The number of aromatic nitrogens is 5. The fourth-order valence-corrected chi connectivity index (χ4v) is 4.80. The maximum Gasteiger partial charge on any atom is 0.291 e. The molecule has 3 aromatic carbocycles. The molecule has 0 fully saturated rings. The highest BCUT2D eigenvalue weighted by molar-refractivity contribution is 7.15. The van der Waals surface area contributed by atoms with Gasteiger partial charge in [0.25, 0.3) is 5.56 Å². The van der Waals surface area contributed by atoms with Crippen LogP contribution in [0.5, 0.6) is 5.75 Å². The van der Waals surface area contributed by atoms with Crippen molar-refractivity contribution in [2.75, 3.05) is 0 Å². The summed E-state index contributed by atoms with van der Waals surface area (Å²) in [5, 5.41) is 9.20. The minimum Gasteiger partial charge on any atom is -0.486 e. The van der Waals surface area contributed by atoms with Gasteiger partial charge in [0.2, 0.25) is 4.96 Å². The fourth-order valence-electron chi connectivity index (χ4n) is 3.89. The van der Waals surface area contributed by atoms with Gasteiger partial charge >= 0.3 is 0 Å². The van der Waals surface area contributed by atoms with E-state index in [0.717, 1.165) is 33.8 Å². The number of rotatable bonds is 6. The first kappa shape index (κ1) is 21.9. The fraction of sp³-hybridized carbons (Fsp3) is 0.0714. The highest BCUT2D eigenvalue weighted by Gasteiger charge is 2.14. The van der Waals surface area contributed by atoms with Gasteiger partial charge in [-0.2, -0.15) is 14.6 Å². The summed E-state index contributed by atoms with van der Waals surface area (Å²) in [6.07, 6.45) is 3.80. The molecular formula is C28H21N5O2S. The number of ether oxygens (including phenoxy) is 1. The lowest BCUT2D eigenvalue weighted by molar-refractivity contribution is 0.296. The van der Waals surface area contributed by atoms with Crippen molar-refractivity contribution in [2.24, 2.45) is 0 Å². The van der Waals surface area contributed by atoms with E-state index in [4.69, 9.17) is 9.84 Å². The number of thiazole rings is 1. The van der Waals surface area contributed by atoms with Crippen molar-refractivity contribution in [1.82, 2.24) is 24.4 Å². The second kappa shape index (κ2) is 9.24. The number of para-hydroxylation sites is 1. The third kappa shape index (κ3) is 4.30. The van der Waals surface area contributed by atoms with E-state index < -0.39 is 0 Å². The standard InChI is InChI=1S/C28H21N5O2S/c1-19-12-14-23(15-13-19)35-18-25-29-28-33(30-25)27(34)24(36-28)16-21-17-32(22-10-6-3-7-11-22)31-26(21)20-8-4-2-5-9-20/h2-17H,18H2,1H3/b24-16-. The molecule has 6 aromatic rings. The van der Waals surface area contributed by atoms with E-state index in [1.807, 2.05) is 109 Å². The van der Waals surface area contributed by atoms with Gasteiger partial charge in [-0.1, -0.05) is 77.6 Å². The van der Waals surface area contributed by atoms with E-state index in [1.54, 1.807) is 0 Å². The van der Waals surface area contributed by atoms with Gasteiger partial charge in [-0.3, -0.25) is 4.79 Å². The maximum absolute atomic E-state index is 13.2. The van der Waals surface area contributed by atoms with E-state index in [9.17, 15) is 4.79 Å². The molecular weight excluding hydrogens is 470 g/mol. The van der Waals surface area contributed by atoms with Gasteiger partial charge < -0.3 is 4.74 Å². The van der Waals surface area contributed by atoms with E-state index in [1.165, 1.54) is 15.9 Å². The summed E-state index contributed by atoms with van der Waals surface area (Å²) in [6.45, 7) is 2.21. The molecule has 36 heavy (non-hydrogen) atoms. The Morgan fingerprint density at radius 1 is 0.917 bits per heavy atom. The number of aryl methyl sites for hydroxylation is 1. The lowest BCUT2D eigenvalue weighted by atomic mass is 10.1. The molecule has 0 radical (unpaired) electrons. The van der Waals surface area contributed by atoms with Crippen LogP contribution in [0.15, 0.2) is 95.9 Å². The first-order chi connectivity index (χ1) is 17.6. The van der Waals surface area contributed by atoms with Crippen LogP contribution in [-0.2, 0) is 6.61 Å². The molecule has 0 aliphatic carbocycles. The molecule has 3 aromatic heterocycles. The molecule has 176 valence electrons. The van der Waals surface area contributed by atoms with Gasteiger partial charge in [-0.15, -0.1) is 5.10 Å². The first-order valence-electron chi connectivity index (χ1n) is 11.4. The maximum atomic E-state index is 13.2. The van der Waals surface area contributed by atoms with Crippen LogP contribution in [0.4, 0.5) is 0 Å². The topological polar surface area (TPSA) is 74.3 Å². The van der Waals surface area contributed by atoms with Crippen molar-refractivity contribution >= 4 is 22.4 Å². The third-order valence-electron chi connectivity index (χ3n) is 5.71. The predicted octanol–water partition coefficient (Wildman–Crippen LogP) is 4.44. The van der Waals surface area contributed by atoms with Crippen molar-refractivity contribution in [3.05, 3.63) is 123 Å². The van der Waals surface area contributed by atoms with Crippen molar-refractivity contribution in [2.45, 2.75) is 13.5 Å². The van der Waals surface area contributed by atoms with Gasteiger partial charge in [-0.25, -0.2) is 4.68 Å². The van der Waals surface area contributed by atoms with E-state index in [2.05, 4.69) is 10.1 Å². The van der Waals surface area contributed by atoms with E-state index in [-0.39, 0.29) is 12.2 Å². The lowest BCUT2D eigenvalue weighted by Gasteiger charge is -2.03. The summed E-state index contributed by atoms with van der Waals surface area (Å²) < 4.78 is 9.48. The van der Waals surface area contributed by atoms with Gasteiger partial charge in [0, 0.05) is 17.3 Å². The Labute approximate surface area is 210 Å². The molecule has 3 heterocycles. The molecule has 0 amide bonds. The number of hydrogen-bond acceptors (Lipinski definition) is 6. The summed E-state index contributed by atoms with van der Waals surface area (Å²) in [5.41, 5.74) is 4.50. The van der Waals surface area contributed by atoms with Gasteiger partial charge in [0.15, 0.2) is 5.82 Å². The van der Waals surface area contributed by atoms with Crippen LogP contribution in [0, 0.1) is 6.92 Å². The largest absolute Gasteiger partial charge is 0.486 e. The van der Waals surface area contributed by atoms with Crippen LogP contribution in [0.1, 0.15) is 17.0 Å². The van der Waals surface area contributed by atoms with Crippen molar-refractivity contribution in [3.63, 3.8) is 0 Å². The zero-order chi connectivity index (χ0) is 24.5. The van der Waals surface area contributed by atoms with Crippen molar-refractivity contribution in [1.29, 1.82) is 0 Å². The van der Waals surface area contributed by atoms with Crippen LogP contribution in [-0.4, -0.2) is 24.4 Å². The predicted molar refractivity (Wildman–Crippen MR) is 140 cm³/mol. The lowest BCUT2D eigenvalue weighted by Crippen LogP contribution is -2.24. The molecule has 0 atom stereocenters. The zero-order valence-electron chi connectivity index (χ0n) is 19.4. The summed E-state index contributed by atoms with van der Waals surface area (Å²) >= 11 is 1.30. The van der Waals surface area contributed by atoms with E-state index >= 15 is 0 Å². The normalized spacial score (nSPS) is 11.9. The Kier molecular flexibility index (Phi) is 5.63. The summed E-state index contributed by atoms with van der Waals surface area (Å²) in [4.78, 5) is 18.2. The second-order valence-electron chi connectivity index (χ2n) is 8.32. The summed E-state index contributed by atoms with van der Waals surface area (Å²) in [7, 11) is 0. The van der Waals surface area contributed by atoms with Gasteiger partial charge in [-0.05, 0) is 37.3 Å². The third-order valence-corrected chi connectivity index (χ3v) is 6.67. The molecule has 0 unspecified atom stereocenters. The monoisotopic (exact) mass is 491 g/mol. The quantitative estimate of drug-likeness (QED) is 0.344. The van der Waals surface area contributed by atoms with Crippen LogP contribution >= 0.6 is 11.3 Å². The Hall–Kier alpha value is -4.56. The minimum atomic E-state index is -0.212. The zero-order valence-corrected chi connectivity index (χ0v) is 20.2. The molecule has 7 nitrogen and oxygen atoms in total. The summed E-state index contributed by atoms with van der Waals surface area (Å²) in [5.74, 6) is 1.20.